The molecule has 0 saturated heterocycles. The lowest BCUT2D eigenvalue weighted by atomic mass is 10.3. The van der Waals surface area contributed by atoms with Crippen molar-refractivity contribution in [1.29, 1.82) is 0 Å². The van der Waals surface area contributed by atoms with E-state index < -0.39 is 0 Å². The van der Waals surface area contributed by atoms with E-state index in [0.717, 1.165) is 11.1 Å². The van der Waals surface area contributed by atoms with E-state index in [1.54, 1.807) is 24.8 Å². The fourth-order valence-corrected chi connectivity index (χ4v) is 1.32. The molecule has 3 heterocycles. The second-order valence-electron chi connectivity index (χ2n) is 3.15. The number of hydrogen-bond donors (Lipinski definition) is 1. The Morgan fingerprint density at radius 2 is 2.19 bits per heavy atom. The summed E-state index contributed by atoms with van der Waals surface area (Å²) in [7, 11) is 0. The molecule has 78 valence electrons. The third kappa shape index (κ3) is 1.46. The van der Waals surface area contributed by atoms with Crippen LogP contribution >= 0.6 is 0 Å². The topological polar surface area (TPSA) is 80.5 Å². The van der Waals surface area contributed by atoms with Gasteiger partial charge < -0.3 is 4.52 Å². The van der Waals surface area contributed by atoms with E-state index >= 15 is 0 Å². The molecule has 0 bridgehead atoms. The Balaban J connectivity index is 2.00. The summed E-state index contributed by atoms with van der Waals surface area (Å²) in [4.78, 5) is 8.24. The van der Waals surface area contributed by atoms with Crippen LogP contribution in [-0.4, -0.2) is 25.3 Å². The van der Waals surface area contributed by atoms with E-state index in [1.165, 1.54) is 0 Å². The Hall–Kier alpha value is -2.50. The molecule has 1 N–H and O–H groups in total. The molecule has 0 unspecified atom stereocenters. The molecule has 0 saturated carbocycles. The van der Waals surface area contributed by atoms with Crippen LogP contribution in [0.5, 0.6) is 0 Å². The first-order valence-electron chi connectivity index (χ1n) is 4.67. The Labute approximate surface area is 90.3 Å². The number of pyridine rings is 1. The molecular formula is C10H7N5O. The van der Waals surface area contributed by atoms with Crippen molar-refractivity contribution < 1.29 is 4.52 Å². The average Bonchev–Trinajstić information content (AvgIpc) is 3.01. The molecule has 3 rings (SSSR count). The Morgan fingerprint density at radius 3 is 2.94 bits per heavy atom. The molecule has 3 aromatic heterocycles. The fourth-order valence-electron chi connectivity index (χ4n) is 1.32. The largest absolute Gasteiger partial charge is 0.333 e. The molecule has 0 radical (unpaired) electrons. The van der Waals surface area contributed by atoms with Crippen LogP contribution in [0, 0.1) is 0 Å². The first kappa shape index (κ1) is 8.78. The highest BCUT2D eigenvalue weighted by atomic mass is 16.5. The monoisotopic (exact) mass is 213 g/mol. The number of rotatable bonds is 2. The predicted molar refractivity (Wildman–Crippen MR) is 55.1 cm³/mol. The van der Waals surface area contributed by atoms with E-state index in [2.05, 4.69) is 25.3 Å². The number of H-pyrrole nitrogens is 1. The van der Waals surface area contributed by atoms with Crippen LogP contribution < -0.4 is 0 Å². The zero-order chi connectivity index (χ0) is 10.8. The van der Waals surface area contributed by atoms with Gasteiger partial charge in [0.1, 0.15) is 0 Å². The lowest BCUT2D eigenvalue weighted by Gasteiger charge is -1.89. The van der Waals surface area contributed by atoms with Crippen molar-refractivity contribution in [2.24, 2.45) is 0 Å². The van der Waals surface area contributed by atoms with Crippen LogP contribution in [0.1, 0.15) is 0 Å². The summed E-state index contributed by atoms with van der Waals surface area (Å²) in [5.41, 5.74) is 1.59. The highest BCUT2D eigenvalue weighted by molar-refractivity contribution is 5.57. The van der Waals surface area contributed by atoms with Crippen molar-refractivity contribution in [3.05, 3.63) is 36.9 Å². The zero-order valence-corrected chi connectivity index (χ0v) is 8.16. The van der Waals surface area contributed by atoms with Crippen LogP contribution in [0.4, 0.5) is 0 Å². The minimum atomic E-state index is 0.438. The summed E-state index contributed by atoms with van der Waals surface area (Å²) in [5, 5.41) is 10.4. The van der Waals surface area contributed by atoms with Gasteiger partial charge in [0.15, 0.2) is 0 Å². The summed E-state index contributed by atoms with van der Waals surface area (Å²) in [6, 6.07) is 3.69. The van der Waals surface area contributed by atoms with Gasteiger partial charge in [-0.05, 0) is 12.1 Å². The predicted octanol–water partition coefficient (Wildman–Crippen LogP) is 1.52. The summed E-state index contributed by atoms with van der Waals surface area (Å²) >= 11 is 0. The highest BCUT2D eigenvalue weighted by Crippen LogP contribution is 2.19. The summed E-state index contributed by atoms with van der Waals surface area (Å²) in [6.45, 7) is 0. The molecule has 0 aromatic carbocycles. The minimum absolute atomic E-state index is 0.438. The number of nitrogens with zero attached hydrogens (tertiary/aromatic N) is 4. The second kappa shape index (κ2) is 3.58. The van der Waals surface area contributed by atoms with Gasteiger partial charge in [0, 0.05) is 24.2 Å². The van der Waals surface area contributed by atoms with Crippen molar-refractivity contribution in [3.63, 3.8) is 0 Å². The summed E-state index contributed by atoms with van der Waals surface area (Å²) in [6.07, 6.45) is 6.70. The zero-order valence-electron chi connectivity index (χ0n) is 8.16. The summed E-state index contributed by atoms with van der Waals surface area (Å²) in [5.74, 6) is 0.955. The molecule has 6 nitrogen and oxygen atoms in total. The molecule has 0 aliphatic rings. The van der Waals surface area contributed by atoms with Gasteiger partial charge in [-0.25, -0.2) is 0 Å². The van der Waals surface area contributed by atoms with Crippen molar-refractivity contribution in [1.82, 2.24) is 25.3 Å². The Kier molecular flexibility index (Phi) is 1.96. The van der Waals surface area contributed by atoms with Crippen LogP contribution in [0.25, 0.3) is 22.8 Å². The SMILES string of the molecule is c1cncc(-c2noc(-c3cn[nH]c3)n2)c1. The number of aromatic nitrogens is 5. The third-order valence-electron chi connectivity index (χ3n) is 2.09. The Morgan fingerprint density at radius 1 is 1.19 bits per heavy atom. The fraction of sp³-hybridized carbons (Fsp3) is 0. The quantitative estimate of drug-likeness (QED) is 0.698. The lowest BCUT2D eigenvalue weighted by molar-refractivity contribution is 0.432. The maximum atomic E-state index is 5.11. The van der Waals surface area contributed by atoms with Gasteiger partial charge >= 0.3 is 0 Å². The highest BCUT2D eigenvalue weighted by Gasteiger charge is 2.10. The smallest absolute Gasteiger partial charge is 0.261 e. The van der Waals surface area contributed by atoms with Gasteiger partial charge in [-0.15, -0.1) is 0 Å². The maximum Gasteiger partial charge on any atom is 0.261 e. The molecular weight excluding hydrogens is 206 g/mol. The average molecular weight is 213 g/mol. The van der Waals surface area contributed by atoms with Crippen LogP contribution in [0.15, 0.2) is 41.4 Å². The van der Waals surface area contributed by atoms with Crippen LogP contribution in [-0.2, 0) is 0 Å². The molecule has 0 aliphatic heterocycles. The summed E-state index contributed by atoms with van der Waals surface area (Å²) < 4.78 is 5.11. The first-order valence-corrected chi connectivity index (χ1v) is 4.67. The van der Waals surface area contributed by atoms with Gasteiger partial charge in [-0.3, -0.25) is 10.1 Å². The molecule has 0 amide bonds. The molecule has 6 heteroatoms. The van der Waals surface area contributed by atoms with E-state index in [-0.39, 0.29) is 0 Å². The maximum absolute atomic E-state index is 5.11. The van der Waals surface area contributed by atoms with Gasteiger partial charge in [0.05, 0.1) is 11.8 Å². The second-order valence-corrected chi connectivity index (χ2v) is 3.15. The van der Waals surface area contributed by atoms with E-state index in [1.807, 2.05) is 12.1 Å². The van der Waals surface area contributed by atoms with Gasteiger partial charge in [0.25, 0.3) is 5.89 Å². The Bertz CT molecular complexity index is 572. The van der Waals surface area contributed by atoms with Crippen LogP contribution in [0.2, 0.25) is 0 Å². The molecule has 16 heavy (non-hydrogen) atoms. The van der Waals surface area contributed by atoms with Crippen molar-refractivity contribution >= 4 is 0 Å². The van der Waals surface area contributed by atoms with Gasteiger partial charge in [-0.2, -0.15) is 10.1 Å². The normalized spacial score (nSPS) is 10.5. The van der Waals surface area contributed by atoms with E-state index in [9.17, 15) is 0 Å². The third-order valence-corrected chi connectivity index (χ3v) is 2.09. The van der Waals surface area contributed by atoms with E-state index in [0.29, 0.717) is 11.7 Å². The molecule has 0 fully saturated rings. The van der Waals surface area contributed by atoms with Gasteiger partial charge in [-0.1, -0.05) is 5.16 Å². The first-order chi connectivity index (χ1) is 7.93. The van der Waals surface area contributed by atoms with Gasteiger partial charge in [0.2, 0.25) is 5.82 Å². The molecule has 0 spiro atoms. The molecule has 0 aliphatic carbocycles. The number of aromatic amines is 1. The number of nitrogens with one attached hydrogen (secondary N) is 1. The number of hydrogen-bond acceptors (Lipinski definition) is 5. The lowest BCUT2D eigenvalue weighted by Crippen LogP contribution is -1.81. The van der Waals surface area contributed by atoms with Crippen molar-refractivity contribution in [2.75, 3.05) is 0 Å². The standard InChI is InChI=1S/C10H7N5O/c1-2-7(4-11-3-1)9-14-10(16-15-9)8-5-12-13-6-8/h1-6H,(H,12,13). The van der Waals surface area contributed by atoms with Crippen LogP contribution in [0.3, 0.4) is 0 Å². The minimum Gasteiger partial charge on any atom is -0.333 e. The van der Waals surface area contributed by atoms with Crippen molar-refractivity contribution in [3.8, 4) is 22.8 Å². The molecule has 0 atom stereocenters. The molecule has 3 aromatic rings. The van der Waals surface area contributed by atoms with E-state index in [4.69, 9.17) is 4.52 Å². The van der Waals surface area contributed by atoms with Crippen molar-refractivity contribution in [2.45, 2.75) is 0 Å².